The highest BCUT2D eigenvalue weighted by atomic mass is 79.9. The molecule has 0 aromatic heterocycles. The van der Waals surface area contributed by atoms with Crippen LogP contribution < -0.4 is 0 Å². The number of sulfonamides is 1. The summed E-state index contributed by atoms with van der Waals surface area (Å²) in [7, 11) is -3.06. The average Bonchev–Trinajstić information content (AvgIpc) is 2.32. The number of rotatable bonds is 3. The summed E-state index contributed by atoms with van der Waals surface area (Å²) in [6.07, 6.45) is 1.26. The molecule has 7 heteroatoms. The maximum atomic E-state index is 11.4. The molecule has 0 unspecified atom stereocenters. The van der Waals surface area contributed by atoms with Crippen molar-refractivity contribution in [1.29, 1.82) is 0 Å². The molecule has 19 heavy (non-hydrogen) atoms. The lowest BCUT2D eigenvalue weighted by Crippen LogP contribution is -2.47. The molecule has 1 aromatic rings. The molecule has 1 heterocycles. The van der Waals surface area contributed by atoms with Crippen LogP contribution in [0.4, 0.5) is 0 Å². The number of benzene rings is 1. The molecule has 1 aliphatic heterocycles. The van der Waals surface area contributed by atoms with Gasteiger partial charge in [-0.15, -0.1) is 0 Å². The Morgan fingerprint density at radius 1 is 1.26 bits per heavy atom. The monoisotopic (exact) mass is 366 g/mol. The first-order valence-corrected chi connectivity index (χ1v) is 8.99. The summed E-state index contributed by atoms with van der Waals surface area (Å²) < 4.78 is 25.3. The van der Waals surface area contributed by atoms with Crippen LogP contribution in [0.15, 0.2) is 22.7 Å². The predicted molar refractivity (Wildman–Crippen MR) is 80.8 cm³/mol. The van der Waals surface area contributed by atoms with Gasteiger partial charge in [-0.25, -0.2) is 8.42 Å². The third-order valence-electron chi connectivity index (χ3n) is 3.21. The van der Waals surface area contributed by atoms with Crippen molar-refractivity contribution in [2.75, 3.05) is 32.4 Å². The topological polar surface area (TPSA) is 40.6 Å². The van der Waals surface area contributed by atoms with Gasteiger partial charge >= 0.3 is 0 Å². The second kappa shape index (κ2) is 6.10. The fourth-order valence-electron chi connectivity index (χ4n) is 2.11. The quantitative estimate of drug-likeness (QED) is 0.822. The van der Waals surface area contributed by atoms with E-state index in [2.05, 4.69) is 20.8 Å². The highest BCUT2D eigenvalue weighted by molar-refractivity contribution is 9.10. The zero-order valence-electron chi connectivity index (χ0n) is 10.6. The highest BCUT2D eigenvalue weighted by Crippen LogP contribution is 2.23. The molecule has 0 radical (unpaired) electrons. The summed E-state index contributed by atoms with van der Waals surface area (Å²) in [6, 6.07) is 5.84. The fraction of sp³-hybridized carbons (Fsp3) is 0.500. The van der Waals surface area contributed by atoms with Crippen molar-refractivity contribution in [3.05, 3.63) is 33.3 Å². The second-order valence-electron chi connectivity index (χ2n) is 4.67. The van der Waals surface area contributed by atoms with Gasteiger partial charge in [0, 0.05) is 42.2 Å². The van der Waals surface area contributed by atoms with Crippen molar-refractivity contribution >= 4 is 37.6 Å². The minimum absolute atomic E-state index is 0.549. The lowest BCUT2D eigenvalue weighted by molar-refractivity contribution is 0.182. The zero-order valence-corrected chi connectivity index (χ0v) is 13.8. The molecule has 1 aromatic carbocycles. The minimum atomic E-state index is -3.06. The van der Waals surface area contributed by atoms with E-state index in [0.29, 0.717) is 13.1 Å². The maximum Gasteiger partial charge on any atom is 0.211 e. The van der Waals surface area contributed by atoms with Crippen LogP contribution in [0.5, 0.6) is 0 Å². The zero-order chi connectivity index (χ0) is 14.0. The molecular weight excluding hydrogens is 352 g/mol. The molecule has 2 rings (SSSR count). The number of halogens is 2. The van der Waals surface area contributed by atoms with Gasteiger partial charge in [0.15, 0.2) is 0 Å². The van der Waals surface area contributed by atoms with E-state index >= 15 is 0 Å². The third kappa shape index (κ3) is 4.16. The van der Waals surface area contributed by atoms with E-state index in [-0.39, 0.29) is 0 Å². The number of nitrogens with zero attached hydrogens (tertiary/aromatic N) is 2. The molecule has 1 saturated heterocycles. The predicted octanol–water partition coefficient (Wildman–Crippen LogP) is 2.18. The number of hydrogen-bond donors (Lipinski definition) is 0. The van der Waals surface area contributed by atoms with Crippen molar-refractivity contribution in [2.24, 2.45) is 0 Å². The highest BCUT2D eigenvalue weighted by Gasteiger charge is 2.23. The Kier molecular flexibility index (Phi) is 4.89. The Hall–Kier alpha value is -0.140. The lowest BCUT2D eigenvalue weighted by atomic mass is 10.2. The van der Waals surface area contributed by atoms with E-state index in [1.807, 2.05) is 18.2 Å². The van der Waals surface area contributed by atoms with Crippen molar-refractivity contribution in [3.8, 4) is 0 Å². The average molecular weight is 368 g/mol. The van der Waals surface area contributed by atoms with E-state index < -0.39 is 10.0 Å². The Morgan fingerprint density at radius 2 is 1.89 bits per heavy atom. The smallest absolute Gasteiger partial charge is 0.211 e. The lowest BCUT2D eigenvalue weighted by Gasteiger charge is -2.33. The summed E-state index contributed by atoms with van der Waals surface area (Å²) >= 11 is 9.57. The largest absolute Gasteiger partial charge is 0.296 e. The van der Waals surface area contributed by atoms with E-state index in [0.717, 1.165) is 34.7 Å². The van der Waals surface area contributed by atoms with Gasteiger partial charge in [0.05, 0.1) is 6.26 Å². The molecule has 1 aliphatic rings. The normalized spacial score (nSPS) is 18.7. The number of piperazine rings is 1. The first-order chi connectivity index (χ1) is 8.86. The van der Waals surface area contributed by atoms with E-state index in [1.165, 1.54) is 10.6 Å². The van der Waals surface area contributed by atoms with E-state index in [9.17, 15) is 8.42 Å². The summed E-state index contributed by atoms with van der Waals surface area (Å²) in [5.74, 6) is 0. The van der Waals surface area contributed by atoms with Crippen LogP contribution in [-0.2, 0) is 16.6 Å². The fourth-order valence-corrected chi connectivity index (χ4v) is 3.67. The van der Waals surface area contributed by atoms with E-state index in [1.54, 1.807) is 0 Å². The SMILES string of the molecule is CS(=O)(=O)N1CCN(Cc2ccc(Br)cc2Cl)CC1. The van der Waals surface area contributed by atoms with Crippen molar-refractivity contribution < 1.29 is 8.42 Å². The standard InChI is InChI=1S/C12H16BrClN2O2S/c1-19(17,18)16-6-4-15(5-7-16)9-10-2-3-11(13)8-12(10)14/h2-3,8H,4-7,9H2,1H3. The van der Waals surface area contributed by atoms with Gasteiger partial charge in [-0.2, -0.15) is 4.31 Å². The molecule has 4 nitrogen and oxygen atoms in total. The summed E-state index contributed by atoms with van der Waals surface area (Å²) in [5.41, 5.74) is 1.07. The molecule has 0 aliphatic carbocycles. The Labute approximate surface area is 127 Å². The summed E-state index contributed by atoms with van der Waals surface area (Å²) in [4.78, 5) is 2.22. The second-order valence-corrected chi connectivity index (χ2v) is 7.98. The van der Waals surface area contributed by atoms with E-state index in [4.69, 9.17) is 11.6 Å². The van der Waals surface area contributed by atoms with Crippen LogP contribution in [0.3, 0.4) is 0 Å². The molecular formula is C12H16BrClN2O2S. The Morgan fingerprint density at radius 3 is 2.42 bits per heavy atom. The minimum Gasteiger partial charge on any atom is -0.296 e. The molecule has 106 valence electrons. The van der Waals surface area contributed by atoms with Crippen molar-refractivity contribution in [2.45, 2.75) is 6.54 Å². The summed E-state index contributed by atoms with van der Waals surface area (Å²) in [5, 5.41) is 0.736. The van der Waals surface area contributed by atoms with Crippen molar-refractivity contribution in [3.63, 3.8) is 0 Å². The molecule has 0 atom stereocenters. The Balaban J connectivity index is 1.96. The van der Waals surface area contributed by atoms with Gasteiger partial charge < -0.3 is 0 Å². The van der Waals surface area contributed by atoms with Gasteiger partial charge in [-0.1, -0.05) is 33.6 Å². The van der Waals surface area contributed by atoms with Crippen LogP contribution in [0, 0.1) is 0 Å². The first kappa shape index (κ1) is 15.3. The van der Waals surface area contributed by atoms with Crippen LogP contribution in [0.25, 0.3) is 0 Å². The van der Waals surface area contributed by atoms with Crippen LogP contribution >= 0.6 is 27.5 Å². The maximum absolute atomic E-state index is 11.4. The first-order valence-electron chi connectivity index (χ1n) is 5.97. The van der Waals surface area contributed by atoms with Crippen LogP contribution in [-0.4, -0.2) is 50.1 Å². The van der Waals surface area contributed by atoms with Gasteiger partial charge in [0.2, 0.25) is 10.0 Å². The molecule has 0 spiro atoms. The van der Waals surface area contributed by atoms with Gasteiger partial charge in [-0.3, -0.25) is 4.90 Å². The molecule has 1 fully saturated rings. The molecule has 0 saturated carbocycles. The van der Waals surface area contributed by atoms with Crippen LogP contribution in [0.1, 0.15) is 5.56 Å². The van der Waals surface area contributed by atoms with Gasteiger partial charge in [-0.05, 0) is 17.7 Å². The Bertz CT molecular complexity index is 557. The van der Waals surface area contributed by atoms with Gasteiger partial charge in [0.25, 0.3) is 0 Å². The third-order valence-corrected chi connectivity index (χ3v) is 5.36. The molecule has 0 bridgehead atoms. The van der Waals surface area contributed by atoms with Gasteiger partial charge in [0.1, 0.15) is 0 Å². The molecule has 0 N–H and O–H groups in total. The van der Waals surface area contributed by atoms with Crippen LogP contribution in [0.2, 0.25) is 5.02 Å². The number of hydrogen-bond acceptors (Lipinski definition) is 3. The van der Waals surface area contributed by atoms with Crippen molar-refractivity contribution in [1.82, 2.24) is 9.21 Å². The molecule has 0 amide bonds. The summed E-state index contributed by atoms with van der Waals surface area (Å²) in [6.45, 7) is 3.32.